The first-order chi connectivity index (χ1) is 16.8. The van der Waals surface area contributed by atoms with Crippen LogP contribution in [-0.4, -0.2) is 52.5 Å². The fourth-order valence-electron chi connectivity index (χ4n) is 4.18. The molecule has 3 aromatic carbocycles. The largest absolute Gasteiger partial charge is 0.504 e. The van der Waals surface area contributed by atoms with Crippen LogP contribution in [-0.2, 0) is 20.7 Å². The summed E-state index contributed by atoms with van der Waals surface area (Å²) in [4.78, 5) is 36.0. The van der Waals surface area contributed by atoms with Crippen molar-refractivity contribution in [3.8, 4) is 22.6 Å². The Kier molecular flexibility index (Phi) is 6.86. The zero-order chi connectivity index (χ0) is 24.9. The summed E-state index contributed by atoms with van der Waals surface area (Å²) in [6, 6.07) is 18.4. The number of aliphatic carboxylic acids is 1. The maximum Gasteiger partial charge on any atom is 0.407 e. The number of nitrogens with one attached hydrogen (secondary N) is 2. The minimum Gasteiger partial charge on any atom is -0.504 e. The molecule has 1 atom stereocenters. The summed E-state index contributed by atoms with van der Waals surface area (Å²) >= 11 is 0. The van der Waals surface area contributed by atoms with Crippen molar-refractivity contribution in [2.24, 2.45) is 0 Å². The molecule has 0 saturated heterocycles. The van der Waals surface area contributed by atoms with E-state index in [9.17, 15) is 29.7 Å². The van der Waals surface area contributed by atoms with Crippen molar-refractivity contribution < 1.29 is 34.4 Å². The Morgan fingerprint density at radius 3 is 2.11 bits per heavy atom. The first-order valence-electron chi connectivity index (χ1n) is 11.0. The van der Waals surface area contributed by atoms with E-state index in [-0.39, 0.29) is 24.7 Å². The monoisotopic (exact) mass is 476 g/mol. The lowest BCUT2D eigenvalue weighted by Gasteiger charge is -2.16. The van der Waals surface area contributed by atoms with Crippen LogP contribution < -0.4 is 10.6 Å². The van der Waals surface area contributed by atoms with Gasteiger partial charge in [0.2, 0.25) is 5.91 Å². The Morgan fingerprint density at radius 1 is 0.886 bits per heavy atom. The Bertz CT molecular complexity index is 1230. The first-order valence-corrected chi connectivity index (χ1v) is 11.0. The highest BCUT2D eigenvalue weighted by atomic mass is 16.5. The molecule has 9 nitrogen and oxygen atoms in total. The number of alkyl carbamates (subject to hydrolysis) is 1. The van der Waals surface area contributed by atoms with E-state index in [0.717, 1.165) is 22.3 Å². The zero-order valence-corrected chi connectivity index (χ0v) is 18.6. The van der Waals surface area contributed by atoms with Gasteiger partial charge in [-0.05, 0) is 39.9 Å². The van der Waals surface area contributed by atoms with Gasteiger partial charge in [-0.2, -0.15) is 0 Å². The third-order valence-corrected chi connectivity index (χ3v) is 5.85. The van der Waals surface area contributed by atoms with Gasteiger partial charge >= 0.3 is 12.1 Å². The molecule has 0 fully saturated rings. The highest BCUT2D eigenvalue weighted by molar-refractivity contribution is 5.87. The number of benzene rings is 3. The van der Waals surface area contributed by atoms with E-state index in [4.69, 9.17) is 4.74 Å². The van der Waals surface area contributed by atoms with Crippen molar-refractivity contribution in [2.75, 3.05) is 13.2 Å². The van der Waals surface area contributed by atoms with Crippen LogP contribution in [0.1, 0.15) is 22.6 Å². The van der Waals surface area contributed by atoms with E-state index in [2.05, 4.69) is 10.6 Å². The average molecular weight is 476 g/mol. The van der Waals surface area contributed by atoms with Gasteiger partial charge in [0.1, 0.15) is 19.2 Å². The summed E-state index contributed by atoms with van der Waals surface area (Å²) < 4.78 is 5.36. The van der Waals surface area contributed by atoms with E-state index < -0.39 is 36.3 Å². The van der Waals surface area contributed by atoms with E-state index in [1.165, 1.54) is 18.2 Å². The third-order valence-electron chi connectivity index (χ3n) is 5.85. The van der Waals surface area contributed by atoms with Crippen LogP contribution in [0.15, 0.2) is 66.7 Å². The molecule has 180 valence electrons. The molecule has 3 aromatic rings. The van der Waals surface area contributed by atoms with E-state index in [0.29, 0.717) is 5.56 Å². The van der Waals surface area contributed by atoms with Gasteiger partial charge < -0.3 is 30.7 Å². The van der Waals surface area contributed by atoms with Gasteiger partial charge in [-0.3, -0.25) is 4.79 Å². The topological polar surface area (TPSA) is 145 Å². The van der Waals surface area contributed by atoms with Crippen LogP contribution in [0.5, 0.6) is 11.5 Å². The number of ether oxygens (including phenoxy) is 1. The fraction of sp³-hybridized carbons (Fsp3) is 0.192. The van der Waals surface area contributed by atoms with Crippen molar-refractivity contribution in [3.05, 3.63) is 83.4 Å². The van der Waals surface area contributed by atoms with Gasteiger partial charge in [-0.15, -0.1) is 0 Å². The predicted octanol–water partition coefficient (Wildman–Crippen LogP) is 2.75. The number of carboxylic acid groups (broad SMARTS) is 1. The molecule has 9 heteroatoms. The number of hydrogen-bond donors (Lipinski definition) is 5. The van der Waals surface area contributed by atoms with E-state index in [1.54, 1.807) is 0 Å². The van der Waals surface area contributed by atoms with Crippen LogP contribution in [0.3, 0.4) is 0 Å². The Morgan fingerprint density at radius 2 is 1.51 bits per heavy atom. The summed E-state index contributed by atoms with van der Waals surface area (Å²) in [5, 5.41) is 33.0. The molecule has 1 aliphatic rings. The standard InChI is InChI=1S/C26H24N2O7/c29-22-10-9-15(12-23(22)30)11-21(25(32)33)28-24(31)13-27-26(34)35-14-20-18-7-3-1-5-16(18)17-6-2-4-8-19(17)20/h1-10,12,20-21,29-30H,11,13-14H2,(H,27,34)(H,28,31)(H,32,33). The number of carbonyl (C=O) groups excluding carboxylic acids is 2. The number of carboxylic acids is 1. The molecule has 1 aliphatic carbocycles. The molecular formula is C26H24N2O7. The van der Waals surface area contributed by atoms with Gasteiger partial charge in [-0.25, -0.2) is 9.59 Å². The lowest BCUT2D eigenvalue weighted by Crippen LogP contribution is -2.46. The summed E-state index contributed by atoms with van der Waals surface area (Å²) in [6.07, 6.45) is -0.919. The summed E-state index contributed by atoms with van der Waals surface area (Å²) in [6.45, 7) is -0.384. The van der Waals surface area contributed by atoms with Gasteiger partial charge in [0.15, 0.2) is 11.5 Å². The van der Waals surface area contributed by atoms with Gasteiger partial charge in [-0.1, -0.05) is 54.6 Å². The normalized spacial score (nSPS) is 12.8. The number of phenolic OH excluding ortho intramolecular Hbond substituents is 2. The SMILES string of the molecule is O=C(CNC(=O)OCC1c2ccccc2-c2ccccc21)NC(Cc1ccc(O)c(O)c1)C(=O)O. The molecular weight excluding hydrogens is 452 g/mol. The van der Waals surface area contributed by atoms with Crippen molar-refractivity contribution in [1.29, 1.82) is 0 Å². The maximum atomic E-state index is 12.2. The number of hydrogen-bond acceptors (Lipinski definition) is 6. The van der Waals surface area contributed by atoms with Crippen LogP contribution in [0, 0.1) is 0 Å². The number of fused-ring (bicyclic) bond motifs is 3. The predicted molar refractivity (Wildman–Crippen MR) is 126 cm³/mol. The molecule has 0 bridgehead atoms. The molecule has 0 spiro atoms. The number of carbonyl (C=O) groups is 3. The van der Waals surface area contributed by atoms with E-state index in [1.807, 2.05) is 48.5 Å². The smallest absolute Gasteiger partial charge is 0.407 e. The number of rotatable bonds is 8. The number of phenols is 2. The van der Waals surface area contributed by atoms with Gasteiger partial charge in [0.25, 0.3) is 0 Å². The van der Waals surface area contributed by atoms with Gasteiger partial charge in [0, 0.05) is 12.3 Å². The van der Waals surface area contributed by atoms with Crippen molar-refractivity contribution in [1.82, 2.24) is 10.6 Å². The molecule has 2 amide bonds. The molecule has 0 heterocycles. The van der Waals surface area contributed by atoms with Crippen LogP contribution in [0.4, 0.5) is 4.79 Å². The van der Waals surface area contributed by atoms with E-state index >= 15 is 0 Å². The average Bonchev–Trinajstić information content (AvgIpc) is 3.17. The third kappa shape index (κ3) is 5.35. The summed E-state index contributed by atoms with van der Waals surface area (Å²) in [5.41, 5.74) is 4.71. The minimum atomic E-state index is -1.30. The van der Waals surface area contributed by atoms with Crippen LogP contribution in [0.25, 0.3) is 11.1 Å². The molecule has 1 unspecified atom stereocenters. The lowest BCUT2D eigenvalue weighted by atomic mass is 9.98. The summed E-state index contributed by atoms with van der Waals surface area (Å²) in [7, 11) is 0. The quantitative estimate of drug-likeness (QED) is 0.314. The Labute approximate surface area is 201 Å². The molecule has 0 radical (unpaired) electrons. The molecule has 4 rings (SSSR count). The Hall–Kier alpha value is -4.53. The number of amides is 2. The molecule has 0 aromatic heterocycles. The van der Waals surface area contributed by atoms with Crippen molar-refractivity contribution >= 4 is 18.0 Å². The molecule has 0 aliphatic heterocycles. The second kappa shape index (κ2) is 10.2. The van der Waals surface area contributed by atoms with Gasteiger partial charge in [0.05, 0.1) is 0 Å². The zero-order valence-electron chi connectivity index (χ0n) is 18.6. The van der Waals surface area contributed by atoms with Crippen LogP contribution in [0.2, 0.25) is 0 Å². The Balaban J connectivity index is 1.29. The highest BCUT2D eigenvalue weighted by Crippen LogP contribution is 2.44. The number of aromatic hydroxyl groups is 2. The minimum absolute atomic E-state index is 0.0869. The molecule has 5 N–H and O–H groups in total. The van der Waals surface area contributed by atoms with Crippen molar-refractivity contribution in [3.63, 3.8) is 0 Å². The maximum absolute atomic E-state index is 12.2. The fourth-order valence-corrected chi connectivity index (χ4v) is 4.18. The highest BCUT2D eigenvalue weighted by Gasteiger charge is 2.29. The summed E-state index contributed by atoms with van der Waals surface area (Å²) in [5.74, 6) is -2.85. The van der Waals surface area contributed by atoms with Crippen molar-refractivity contribution in [2.45, 2.75) is 18.4 Å². The second-order valence-electron chi connectivity index (χ2n) is 8.16. The molecule has 0 saturated carbocycles. The second-order valence-corrected chi connectivity index (χ2v) is 8.16. The first kappa shape index (κ1) is 23.6. The molecule has 35 heavy (non-hydrogen) atoms. The van der Waals surface area contributed by atoms with Crippen LogP contribution >= 0.6 is 0 Å². The lowest BCUT2D eigenvalue weighted by molar-refractivity contribution is -0.141.